The molecule has 0 saturated heterocycles. The van der Waals surface area contributed by atoms with Gasteiger partial charge >= 0.3 is 0 Å². The molecule has 0 spiro atoms. The van der Waals surface area contributed by atoms with E-state index in [2.05, 4.69) is 26.0 Å². The third-order valence-electron chi connectivity index (χ3n) is 4.55. The fourth-order valence-electron chi connectivity index (χ4n) is 2.83. The molecule has 168 valence electrons. The Bertz CT molecular complexity index is 1170. The molecule has 2 N–H and O–H groups in total. The second kappa shape index (κ2) is 11.0. The van der Waals surface area contributed by atoms with Crippen molar-refractivity contribution in [3.63, 3.8) is 0 Å². The van der Waals surface area contributed by atoms with Crippen LogP contribution in [-0.4, -0.2) is 27.0 Å². The quantitative estimate of drug-likeness (QED) is 0.401. The van der Waals surface area contributed by atoms with E-state index in [1.54, 1.807) is 25.1 Å². The van der Waals surface area contributed by atoms with Gasteiger partial charge in [0.2, 0.25) is 10.0 Å². The maximum absolute atomic E-state index is 12.5. The largest absolute Gasteiger partial charge is 0.480 e. The Kier molecular flexibility index (Phi) is 8.31. The van der Waals surface area contributed by atoms with E-state index in [9.17, 15) is 13.2 Å². The van der Waals surface area contributed by atoms with Gasteiger partial charge in [0.15, 0.2) is 6.10 Å². The zero-order valence-electron chi connectivity index (χ0n) is 17.2. The molecule has 9 heteroatoms. The summed E-state index contributed by atoms with van der Waals surface area (Å²) in [6.07, 6.45) is -0.189. The van der Waals surface area contributed by atoms with Gasteiger partial charge in [-0.15, -0.1) is 0 Å². The molecule has 3 aromatic carbocycles. The Balaban J connectivity index is 1.55. The third kappa shape index (κ3) is 6.80. The Labute approximate surface area is 201 Å². The molecule has 0 saturated carbocycles. The van der Waals surface area contributed by atoms with E-state index in [0.29, 0.717) is 33.9 Å². The molecule has 0 bridgehead atoms. The van der Waals surface area contributed by atoms with Crippen molar-refractivity contribution in [3.8, 4) is 5.75 Å². The van der Waals surface area contributed by atoms with Crippen molar-refractivity contribution >= 4 is 49.1 Å². The summed E-state index contributed by atoms with van der Waals surface area (Å²) >= 11 is 9.26. The van der Waals surface area contributed by atoms with E-state index in [1.807, 2.05) is 30.3 Å². The lowest BCUT2D eigenvalue weighted by atomic mass is 10.2. The molecule has 1 unspecified atom stereocenters. The van der Waals surface area contributed by atoms with Crippen molar-refractivity contribution in [2.45, 2.75) is 24.3 Å². The number of anilines is 1. The summed E-state index contributed by atoms with van der Waals surface area (Å²) in [5.41, 5.74) is 1.51. The molecule has 0 aliphatic carbocycles. The molecule has 0 aliphatic heterocycles. The monoisotopic (exact) mass is 536 g/mol. The standard InChI is InChI=1S/C23H22BrClN2O4S/c1-16(31-22-12-7-18(25)15-21(22)24)23(28)27-19-8-10-20(11-9-19)32(29,30)26-14-13-17-5-3-2-4-6-17/h2-12,15-16,26H,13-14H2,1H3,(H,27,28). The minimum atomic E-state index is -3.64. The predicted octanol–water partition coefficient (Wildman–Crippen LogP) is 5.03. The van der Waals surface area contributed by atoms with Gasteiger partial charge in [-0.05, 0) is 77.3 Å². The van der Waals surface area contributed by atoms with Crippen LogP contribution in [0.4, 0.5) is 5.69 Å². The van der Waals surface area contributed by atoms with Gasteiger partial charge in [-0.2, -0.15) is 0 Å². The lowest BCUT2D eigenvalue weighted by molar-refractivity contribution is -0.122. The lowest BCUT2D eigenvalue weighted by Gasteiger charge is -2.16. The molecule has 32 heavy (non-hydrogen) atoms. The summed E-state index contributed by atoms with van der Waals surface area (Å²) in [7, 11) is -3.64. The molecule has 3 rings (SSSR count). The Morgan fingerprint density at radius 3 is 2.41 bits per heavy atom. The number of amides is 1. The molecule has 0 aliphatic rings. The van der Waals surface area contributed by atoms with Gasteiger partial charge in [0.1, 0.15) is 5.75 Å². The number of halogens is 2. The van der Waals surface area contributed by atoms with E-state index in [1.165, 1.54) is 24.3 Å². The molecule has 1 atom stereocenters. The van der Waals surface area contributed by atoms with Gasteiger partial charge in [0.25, 0.3) is 5.91 Å². The van der Waals surface area contributed by atoms with Crippen LogP contribution < -0.4 is 14.8 Å². The summed E-state index contributed by atoms with van der Waals surface area (Å²) < 4.78 is 33.9. The topological polar surface area (TPSA) is 84.5 Å². The average molecular weight is 538 g/mol. The molecule has 3 aromatic rings. The fourth-order valence-corrected chi connectivity index (χ4v) is 4.64. The predicted molar refractivity (Wildman–Crippen MR) is 130 cm³/mol. The van der Waals surface area contributed by atoms with Crippen molar-refractivity contribution < 1.29 is 17.9 Å². The van der Waals surface area contributed by atoms with Crippen LogP contribution in [0.5, 0.6) is 5.75 Å². The molecule has 0 heterocycles. The number of hydrogen-bond acceptors (Lipinski definition) is 4. The number of rotatable bonds is 9. The van der Waals surface area contributed by atoms with Gasteiger partial charge in [0, 0.05) is 17.3 Å². The Morgan fingerprint density at radius 2 is 1.75 bits per heavy atom. The SMILES string of the molecule is CC(Oc1ccc(Cl)cc1Br)C(=O)Nc1ccc(S(=O)(=O)NCCc2ccccc2)cc1. The minimum Gasteiger partial charge on any atom is -0.480 e. The van der Waals surface area contributed by atoms with Gasteiger partial charge in [-0.25, -0.2) is 13.1 Å². The Morgan fingerprint density at radius 1 is 1.06 bits per heavy atom. The van der Waals surface area contributed by atoms with E-state index in [0.717, 1.165) is 5.56 Å². The lowest BCUT2D eigenvalue weighted by Crippen LogP contribution is -2.30. The molecule has 0 radical (unpaired) electrons. The highest BCUT2D eigenvalue weighted by Crippen LogP contribution is 2.29. The molecular formula is C23H22BrClN2O4S. The molecule has 0 aromatic heterocycles. The highest BCUT2D eigenvalue weighted by atomic mass is 79.9. The maximum atomic E-state index is 12.5. The highest BCUT2D eigenvalue weighted by molar-refractivity contribution is 9.10. The summed E-state index contributed by atoms with van der Waals surface area (Å²) in [6, 6.07) is 20.6. The van der Waals surface area contributed by atoms with Gasteiger partial charge in [-0.1, -0.05) is 41.9 Å². The summed E-state index contributed by atoms with van der Waals surface area (Å²) in [4.78, 5) is 12.6. The van der Waals surface area contributed by atoms with E-state index < -0.39 is 16.1 Å². The average Bonchev–Trinajstić information content (AvgIpc) is 2.76. The van der Waals surface area contributed by atoms with Crippen LogP contribution in [-0.2, 0) is 21.2 Å². The van der Waals surface area contributed by atoms with Crippen molar-refractivity contribution in [1.29, 1.82) is 0 Å². The van der Waals surface area contributed by atoms with E-state index in [4.69, 9.17) is 16.3 Å². The van der Waals surface area contributed by atoms with Gasteiger partial charge < -0.3 is 10.1 Å². The smallest absolute Gasteiger partial charge is 0.265 e. The van der Waals surface area contributed by atoms with Crippen molar-refractivity contribution in [1.82, 2.24) is 4.72 Å². The number of carbonyl (C=O) groups excluding carboxylic acids is 1. The summed E-state index contributed by atoms with van der Waals surface area (Å²) in [6.45, 7) is 1.91. The normalized spacial score (nSPS) is 12.2. The van der Waals surface area contributed by atoms with Crippen molar-refractivity contribution in [2.24, 2.45) is 0 Å². The minimum absolute atomic E-state index is 0.123. The first-order chi connectivity index (χ1) is 15.2. The number of sulfonamides is 1. The first kappa shape index (κ1) is 24.3. The van der Waals surface area contributed by atoms with Crippen LogP contribution in [0.15, 0.2) is 82.2 Å². The second-order valence-electron chi connectivity index (χ2n) is 6.98. The van der Waals surface area contributed by atoms with Crippen LogP contribution in [0.25, 0.3) is 0 Å². The van der Waals surface area contributed by atoms with E-state index >= 15 is 0 Å². The number of hydrogen-bond donors (Lipinski definition) is 2. The zero-order chi connectivity index (χ0) is 23.1. The van der Waals surface area contributed by atoms with Gasteiger partial charge in [-0.3, -0.25) is 4.79 Å². The summed E-state index contributed by atoms with van der Waals surface area (Å²) in [5.74, 6) is 0.114. The van der Waals surface area contributed by atoms with Crippen LogP contribution in [0.3, 0.4) is 0 Å². The van der Waals surface area contributed by atoms with Crippen molar-refractivity contribution in [2.75, 3.05) is 11.9 Å². The van der Waals surface area contributed by atoms with Crippen LogP contribution in [0.2, 0.25) is 5.02 Å². The second-order valence-corrected chi connectivity index (χ2v) is 10.0. The summed E-state index contributed by atoms with van der Waals surface area (Å²) in [5, 5.41) is 3.26. The fraction of sp³-hybridized carbons (Fsp3) is 0.174. The van der Waals surface area contributed by atoms with Crippen molar-refractivity contribution in [3.05, 3.63) is 87.9 Å². The van der Waals surface area contributed by atoms with Gasteiger partial charge in [0.05, 0.1) is 9.37 Å². The molecule has 0 fully saturated rings. The van der Waals surface area contributed by atoms with Crippen LogP contribution >= 0.6 is 27.5 Å². The molecular weight excluding hydrogens is 516 g/mol. The number of nitrogens with one attached hydrogen (secondary N) is 2. The van der Waals surface area contributed by atoms with E-state index in [-0.39, 0.29) is 10.8 Å². The number of ether oxygens (including phenoxy) is 1. The zero-order valence-corrected chi connectivity index (χ0v) is 20.4. The van der Waals surface area contributed by atoms with Crippen LogP contribution in [0.1, 0.15) is 12.5 Å². The maximum Gasteiger partial charge on any atom is 0.265 e. The number of benzene rings is 3. The first-order valence-corrected chi connectivity index (χ1v) is 12.5. The highest BCUT2D eigenvalue weighted by Gasteiger charge is 2.18. The Hall–Kier alpha value is -2.39. The molecule has 6 nitrogen and oxygen atoms in total. The molecule has 1 amide bonds. The third-order valence-corrected chi connectivity index (χ3v) is 6.88. The van der Waals surface area contributed by atoms with Crippen LogP contribution in [0, 0.1) is 0 Å². The number of carbonyl (C=O) groups is 1. The first-order valence-electron chi connectivity index (χ1n) is 9.81.